The van der Waals surface area contributed by atoms with Gasteiger partial charge in [0.1, 0.15) is 5.82 Å². The second kappa shape index (κ2) is 10.3. The number of pyridine rings is 1. The Morgan fingerprint density at radius 2 is 1.59 bits per heavy atom. The normalized spacial score (nSPS) is 10.3. The Hall–Kier alpha value is -2.89. The average Bonchev–Trinajstić information content (AvgIpc) is 2.68. The summed E-state index contributed by atoms with van der Waals surface area (Å²) in [7, 11) is 0. The van der Waals surface area contributed by atoms with E-state index >= 15 is 0 Å². The van der Waals surface area contributed by atoms with Crippen molar-refractivity contribution in [1.29, 1.82) is 0 Å². The predicted molar refractivity (Wildman–Crippen MR) is 106 cm³/mol. The Morgan fingerprint density at radius 1 is 0.963 bits per heavy atom. The van der Waals surface area contributed by atoms with Gasteiger partial charge in [-0.15, -0.1) is 0 Å². The predicted octanol–water partition coefficient (Wildman–Crippen LogP) is 4.26. The number of aromatic nitrogens is 1. The van der Waals surface area contributed by atoms with Crippen molar-refractivity contribution in [2.45, 2.75) is 33.6 Å². The molecule has 0 radical (unpaired) electrons. The Bertz CT molecular complexity index is 736. The van der Waals surface area contributed by atoms with Crippen LogP contribution in [0, 0.1) is 0 Å². The third-order valence-electron chi connectivity index (χ3n) is 3.95. The van der Waals surface area contributed by atoms with Crippen molar-refractivity contribution in [3.8, 4) is 0 Å². The number of esters is 1. The Labute approximate surface area is 160 Å². The molecule has 6 heteroatoms. The lowest BCUT2D eigenvalue weighted by atomic mass is 10.2. The van der Waals surface area contributed by atoms with Gasteiger partial charge in [-0.1, -0.05) is 13.8 Å². The van der Waals surface area contributed by atoms with Gasteiger partial charge in [0, 0.05) is 25.0 Å². The molecule has 0 aliphatic rings. The van der Waals surface area contributed by atoms with Crippen LogP contribution in [0.5, 0.6) is 0 Å². The van der Waals surface area contributed by atoms with E-state index in [2.05, 4.69) is 24.1 Å². The van der Waals surface area contributed by atoms with E-state index in [9.17, 15) is 9.59 Å². The van der Waals surface area contributed by atoms with E-state index in [0.29, 0.717) is 23.6 Å². The quantitative estimate of drug-likeness (QED) is 0.669. The molecular weight excluding hydrogens is 342 g/mol. The number of carbonyl (C=O) groups excluding carboxylic acids is 2. The number of amides is 1. The summed E-state index contributed by atoms with van der Waals surface area (Å²) < 4.78 is 4.97. The molecule has 0 aliphatic heterocycles. The zero-order valence-corrected chi connectivity index (χ0v) is 16.2. The molecule has 0 spiro atoms. The van der Waals surface area contributed by atoms with Gasteiger partial charge in [-0.3, -0.25) is 4.79 Å². The maximum absolute atomic E-state index is 12.6. The van der Waals surface area contributed by atoms with Crippen molar-refractivity contribution < 1.29 is 14.3 Å². The smallest absolute Gasteiger partial charge is 0.338 e. The van der Waals surface area contributed by atoms with Crippen molar-refractivity contribution in [2.24, 2.45) is 0 Å². The topological polar surface area (TPSA) is 71.5 Å². The Kier molecular flexibility index (Phi) is 7.79. The van der Waals surface area contributed by atoms with Gasteiger partial charge in [0.05, 0.1) is 17.7 Å². The fourth-order valence-corrected chi connectivity index (χ4v) is 2.68. The van der Waals surface area contributed by atoms with Crippen molar-refractivity contribution in [3.05, 3.63) is 53.7 Å². The van der Waals surface area contributed by atoms with Crippen LogP contribution in [0.15, 0.2) is 42.6 Å². The number of ether oxygens (including phenoxy) is 1. The van der Waals surface area contributed by atoms with Crippen LogP contribution in [0.25, 0.3) is 0 Å². The summed E-state index contributed by atoms with van der Waals surface area (Å²) in [6, 6.07) is 10.5. The number of hydrogen-bond donors (Lipinski definition) is 1. The summed E-state index contributed by atoms with van der Waals surface area (Å²) in [6.07, 6.45) is 3.46. The molecule has 1 aromatic heterocycles. The molecule has 0 bridgehead atoms. The first-order valence-electron chi connectivity index (χ1n) is 9.38. The van der Waals surface area contributed by atoms with Gasteiger partial charge < -0.3 is 15.0 Å². The first-order chi connectivity index (χ1) is 13.1. The van der Waals surface area contributed by atoms with Crippen molar-refractivity contribution in [2.75, 3.05) is 25.0 Å². The van der Waals surface area contributed by atoms with Gasteiger partial charge in [0.2, 0.25) is 0 Å². The summed E-state index contributed by atoms with van der Waals surface area (Å²) in [5.74, 6) is 0.304. The molecule has 6 nitrogen and oxygen atoms in total. The molecule has 144 valence electrons. The van der Waals surface area contributed by atoms with Gasteiger partial charge >= 0.3 is 5.97 Å². The van der Waals surface area contributed by atoms with Gasteiger partial charge in [-0.25, -0.2) is 9.78 Å². The number of nitrogens with zero attached hydrogens (tertiary/aromatic N) is 2. The lowest BCUT2D eigenvalue weighted by Gasteiger charge is -2.21. The SMILES string of the molecule is CCCN(CCC)C(=O)c1ccc(Nc2ccc(C(=O)OCC)cc2)nc1. The molecule has 0 aliphatic carbocycles. The highest BCUT2D eigenvalue weighted by atomic mass is 16.5. The van der Waals surface area contributed by atoms with E-state index in [4.69, 9.17) is 4.74 Å². The van der Waals surface area contributed by atoms with Gasteiger partial charge in [-0.05, 0) is 56.2 Å². The minimum absolute atomic E-state index is 0.0107. The van der Waals surface area contributed by atoms with E-state index in [0.717, 1.165) is 31.6 Å². The van der Waals surface area contributed by atoms with E-state index in [1.165, 1.54) is 0 Å². The highest BCUT2D eigenvalue weighted by molar-refractivity contribution is 5.94. The molecule has 2 rings (SSSR count). The zero-order valence-electron chi connectivity index (χ0n) is 16.2. The number of benzene rings is 1. The molecule has 0 saturated carbocycles. The first kappa shape index (κ1) is 20.4. The van der Waals surface area contributed by atoms with Gasteiger partial charge in [0.15, 0.2) is 0 Å². The molecule has 0 fully saturated rings. The number of nitrogens with one attached hydrogen (secondary N) is 1. The number of hydrogen-bond acceptors (Lipinski definition) is 5. The fourth-order valence-electron chi connectivity index (χ4n) is 2.68. The third kappa shape index (κ3) is 5.81. The summed E-state index contributed by atoms with van der Waals surface area (Å²) in [6.45, 7) is 7.75. The number of rotatable bonds is 9. The molecule has 2 aromatic rings. The maximum atomic E-state index is 12.6. The monoisotopic (exact) mass is 369 g/mol. The first-order valence-corrected chi connectivity index (χ1v) is 9.38. The van der Waals surface area contributed by atoms with Gasteiger partial charge in [-0.2, -0.15) is 0 Å². The second-order valence-corrected chi connectivity index (χ2v) is 6.15. The molecule has 27 heavy (non-hydrogen) atoms. The van der Waals surface area contributed by atoms with Crippen LogP contribution in [0.3, 0.4) is 0 Å². The largest absolute Gasteiger partial charge is 0.462 e. The van der Waals surface area contributed by atoms with Crippen LogP contribution in [0.1, 0.15) is 54.3 Å². The molecule has 1 N–H and O–H groups in total. The maximum Gasteiger partial charge on any atom is 0.338 e. The highest BCUT2D eigenvalue weighted by Gasteiger charge is 2.14. The van der Waals surface area contributed by atoms with E-state index in [1.54, 1.807) is 49.5 Å². The second-order valence-electron chi connectivity index (χ2n) is 6.15. The van der Waals surface area contributed by atoms with Crippen LogP contribution in [-0.2, 0) is 4.74 Å². The summed E-state index contributed by atoms with van der Waals surface area (Å²) in [5, 5.41) is 3.16. The molecule has 1 aromatic carbocycles. The van der Waals surface area contributed by atoms with Gasteiger partial charge in [0.25, 0.3) is 5.91 Å². The standard InChI is InChI=1S/C21H27N3O3/c1-4-13-24(14-5-2)20(25)17-9-12-19(22-15-17)23-18-10-7-16(8-11-18)21(26)27-6-3/h7-12,15H,4-6,13-14H2,1-3H3,(H,22,23). The minimum Gasteiger partial charge on any atom is -0.462 e. The van der Waals surface area contributed by atoms with E-state index in [1.807, 2.05) is 4.90 Å². The molecule has 0 saturated heterocycles. The molecular formula is C21H27N3O3. The van der Waals surface area contributed by atoms with Crippen molar-refractivity contribution >= 4 is 23.4 Å². The van der Waals surface area contributed by atoms with Crippen LogP contribution in [0.4, 0.5) is 11.5 Å². The molecule has 1 heterocycles. The lowest BCUT2D eigenvalue weighted by molar-refractivity contribution is 0.0526. The fraction of sp³-hybridized carbons (Fsp3) is 0.381. The zero-order chi connectivity index (χ0) is 19.6. The summed E-state index contributed by atoms with van der Waals surface area (Å²) >= 11 is 0. The van der Waals surface area contributed by atoms with Crippen LogP contribution in [-0.4, -0.2) is 41.5 Å². The number of carbonyl (C=O) groups is 2. The number of anilines is 2. The molecule has 0 unspecified atom stereocenters. The van der Waals surface area contributed by atoms with Crippen LogP contribution in [0.2, 0.25) is 0 Å². The van der Waals surface area contributed by atoms with Crippen LogP contribution >= 0.6 is 0 Å². The van der Waals surface area contributed by atoms with Crippen molar-refractivity contribution in [3.63, 3.8) is 0 Å². The third-order valence-corrected chi connectivity index (χ3v) is 3.95. The summed E-state index contributed by atoms with van der Waals surface area (Å²) in [5.41, 5.74) is 1.89. The van der Waals surface area contributed by atoms with Crippen LogP contribution < -0.4 is 5.32 Å². The highest BCUT2D eigenvalue weighted by Crippen LogP contribution is 2.17. The minimum atomic E-state index is -0.339. The van der Waals surface area contributed by atoms with E-state index < -0.39 is 0 Å². The Balaban J connectivity index is 2.02. The average molecular weight is 369 g/mol. The lowest BCUT2D eigenvalue weighted by Crippen LogP contribution is -2.32. The Morgan fingerprint density at radius 3 is 2.11 bits per heavy atom. The molecule has 1 amide bonds. The molecule has 0 atom stereocenters. The van der Waals surface area contributed by atoms with Crippen molar-refractivity contribution in [1.82, 2.24) is 9.88 Å². The van der Waals surface area contributed by atoms with E-state index in [-0.39, 0.29) is 11.9 Å². The summed E-state index contributed by atoms with van der Waals surface area (Å²) in [4.78, 5) is 30.4.